The predicted molar refractivity (Wildman–Crippen MR) is 37.6 cm³/mol. The molecule has 1 aromatic heterocycles. The Labute approximate surface area is 55.0 Å². The minimum atomic E-state index is 0.495. The number of hydrogen-bond donors (Lipinski definition) is 0. The third kappa shape index (κ3) is 1.28. The van der Waals surface area contributed by atoms with E-state index in [4.69, 9.17) is 0 Å². The van der Waals surface area contributed by atoms with Gasteiger partial charge in [0.25, 0.3) is 0 Å². The Morgan fingerprint density at radius 2 is 2.62 bits per heavy atom. The molecule has 0 N–H and O–H groups in total. The van der Waals surface area contributed by atoms with Gasteiger partial charge in [-0.1, -0.05) is 6.07 Å². The molecule has 0 aliphatic carbocycles. The molecule has 0 aliphatic heterocycles. The summed E-state index contributed by atoms with van der Waals surface area (Å²) >= 11 is 2.07. The van der Waals surface area contributed by atoms with Crippen molar-refractivity contribution in [3.05, 3.63) is 22.4 Å². The van der Waals surface area contributed by atoms with Gasteiger partial charge in [-0.25, -0.2) is 4.21 Å². The van der Waals surface area contributed by atoms with E-state index in [1.54, 1.807) is 16.7 Å². The molecule has 1 nitrogen and oxygen atoms in total. The second kappa shape index (κ2) is 2.79. The lowest BCUT2D eigenvalue weighted by atomic mass is 10.5. The molecule has 0 saturated carbocycles. The molecular weight excluding hydrogens is 140 g/mol. The van der Waals surface area contributed by atoms with Crippen LogP contribution in [-0.2, 0) is 11.3 Å². The topological polar surface area (TPSA) is 17.1 Å². The van der Waals surface area contributed by atoms with Gasteiger partial charge in [0.1, 0.15) is 0 Å². The number of thiophene rings is 1. The predicted octanol–water partition coefficient (Wildman–Crippen LogP) is 1.11. The highest BCUT2D eigenvalue weighted by molar-refractivity contribution is 7.65. The van der Waals surface area contributed by atoms with Crippen molar-refractivity contribution in [2.75, 3.05) is 0 Å². The molecule has 1 aromatic rings. The first-order chi connectivity index (χ1) is 3.93. The minimum Gasteiger partial charge on any atom is -0.212 e. The molecule has 8 heavy (non-hydrogen) atoms. The molecule has 0 spiro atoms. The van der Waals surface area contributed by atoms with E-state index in [0.29, 0.717) is 11.3 Å². The van der Waals surface area contributed by atoms with Gasteiger partial charge in [-0.05, 0) is 11.4 Å². The van der Waals surface area contributed by atoms with Crippen molar-refractivity contribution in [3.63, 3.8) is 0 Å². The fraction of sp³-hybridized carbons (Fsp3) is 0. The van der Waals surface area contributed by atoms with Gasteiger partial charge in [-0.15, -0.1) is 11.3 Å². The Kier molecular flexibility index (Phi) is 2.00. The average Bonchev–Trinajstić information content (AvgIpc) is 2.19. The Morgan fingerprint density at radius 3 is 3.12 bits per heavy atom. The van der Waals surface area contributed by atoms with Crippen molar-refractivity contribution in [2.24, 2.45) is 0 Å². The molecule has 0 amide bonds. The smallest absolute Gasteiger partial charge is 0.0900 e. The Balaban J connectivity index is 2.93. The molecule has 0 aliphatic rings. The van der Waals surface area contributed by atoms with Crippen LogP contribution in [0.5, 0.6) is 0 Å². The van der Waals surface area contributed by atoms with Crippen molar-refractivity contribution in [1.29, 1.82) is 0 Å². The molecule has 0 bridgehead atoms. The molecule has 1 heterocycles. The van der Waals surface area contributed by atoms with Crippen molar-refractivity contribution >= 4 is 28.0 Å². The summed E-state index contributed by atoms with van der Waals surface area (Å²) < 4.78 is 9.86. The molecule has 0 radical (unpaired) electrons. The first-order valence-electron chi connectivity index (χ1n) is 2.09. The summed E-state index contributed by atoms with van der Waals surface area (Å²) in [6.45, 7) is 0. The van der Waals surface area contributed by atoms with Gasteiger partial charge in [0.05, 0.1) is 11.3 Å². The molecule has 0 saturated heterocycles. The number of rotatable bonds is 1. The number of hydrogen-bond acceptors (Lipinski definition) is 2. The Bertz CT molecular complexity index is 196. The molecule has 1 rings (SSSR count). The molecule has 3 heteroatoms. The quantitative estimate of drug-likeness (QED) is 0.540. The van der Waals surface area contributed by atoms with E-state index < -0.39 is 0 Å². The van der Waals surface area contributed by atoms with E-state index in [1.807, 2.05) is 17.5 Å². The lowest BCUT2D eigenvalue weighted by Gasteiger charge is -1.69. The lowest BCUT2D eigenvalue weighted by Crippen LogP contribution is -1.65. The molecule has 42 valence electrons. The van der Waals surface area contributed by atoms with Gasteiger partial charge in [-0.2, -0.15) is 0 Å². The molecule has 0 unspecified atom stereocenters. The van der Waals surface area contributed by atoms with Crippen LogP contribution in [0.15, 0.2) is 17.5 Å². The van der Waals surface area contributed by atoms with Gasteiger partial charge in [-0.3, -0.25) is 0 Å². The zero-order valence-electron chi connectivity index (χ0n) is 4.03. The van der Waals surface area contributed by atoms with Crippen LogP contribution >= 0.6 is 11.3 Å². The van der Waals surface area contributed by atoms with Crippen LogP contribution in [0.2, 0.25) is 0 Å². The van der Waals surface area contributed by atoms with Crippen LogP contribution in [0.4, 0.5) is 0 Å². The zero-order valence-corrected chi connectivity index (χ0v) is 5.67. The van der Waals surface area contributed by atoms with E-state index in [0.717, 1.165) is 4.88 Å². The normalized spacial score (nSPS) is 8.50. The maximum atomic E-state index is 9.86. The average molecular weight is 144 g/mol. The van der Waals surface area contributed by atoms with Crippen molar-refractivity contribution in [3.8, 4) is 0 Å². The summed E-state index contributed by atoms with van der Waals surface area (Å²) in [6, 6.07) is 3.84. The summed E-state index contributed by atoms with van der Waals surface area (Å²) in [5.41, 5.74) is 0. The first kappa shape index (κ1) is 5.72. The van der Waals surface area contributed by atoms with E-state index in [9.17, 15) is 4.21 Å². The van der Waals surface area contributed by atoms with Crippen LogP contribution < -0.4 is 0 Å². The van der Waals surface area contributed by atoms with E-state index in [-0.39, 0.29) is 0 Å². The largest absolute Gasteiger partial charge is 0.212 e. The second-order valence-corrected chi connectivity index (χ2v) is 2.64. The van der Waals surface area contributed by atoms with Gasteiger partial charge in [0, 0.05) is 10.2 Å². The van der Waals surface area contributed by atoms with Crippen LogP contribution in [0.1, 0.15) is 4.88 Å². The Hall–Kier alpha value is -0.410. The zero-order chi connectivity index (χ0) is 5.82. The molecular formula is C5H4OS2. The first-order valence-corrected chi connectivity index (χ1v) is 3.77. The van der Waals surface area contributed by atoms with E-state index in [1.165, 1.54) is 0 Å². The van der Waals surface area contributed by atoms with Crippen molar-refractivity contribution < 1.29 is 4.21 Å². The highest BCUT2D eigenvalue weighted by Crippen LogP contribution is 2.03. The van der Waals surface area contributed by atoms with Crippen LogP contribution in [0.25, 0.3) is 0 Å². The third-order valence-corrected chi connectivity index (χ3v) is 2.03. The molecule has 0 aromatic carbocycles. The van der Waals surface area contributed by atoms with Crippen molar-refractivity contribution in [1.82, 2.24) is 0 Å². The SMILES string of the molecule is O=S=Cc1cccs1. The third-order valence-electron chi connectivity index (χ3n) is 0.707. The Morgan fingerprint density at radius 1 is 1.75 bits per heavy atom. The van der Waals surface area contributed by atoms with Gasteiger partial charge >= 0.3 is 0 Å². The summed E-state index contributed by atoms with van der Waals surface area (Å²) in [7, 11) is 0. The maximum absolute atomic E-state index is 9.86. The summed E-state index contributed by atoms with van der Waals surface area (Å²) in [5, 5.41) is 3.53. The standard InChI is InChI=1S/C5H4OS2/c6-8-4-5-2-1-3-7-5/h1-4H. The highest BCUT2D eigenvalue weighted by atomic mass is 32.1. The fourth-order valence-corrected chi connectivity index (χ4v) is 1.39. The lowest BCUT2D eigenvalue weighted by molar-refractivity contribution is 0.701. The molecule has 0 fully saturated rings. The second-order valence-electron chi connectivity index (χ2n) is 1.23. The maximum Gasteiger partial charge on any atom is 0.0900 e. The molecule has 0 atom stereocenters. The van der Waals surface area contributed by atoms with E-state index in [2.05, 4.69) is 0 Å². The van der Waals surface area contributed by atoms with Gasteiger partial charge in [0.2, 0.25) is 0 Å². The highest BCUT2D eigenvalue weighted by Gasteiger charge is 1.81. The van der Waals surface area contributed by atoms with Crippen LogP contribution in [-0.4, -0.2) is 9.58 Å². The minimum absolute atomic E-state index is 0.495. The van der Waals surface area contributed by atoms with E-state index >= 15 is 0 Å². The summed E-state index contributed by atoms with van der Waals surface area (Å²) in [6.07, 6.45) is 0. The van der Waals surface area contributed by atoms with Crippen LogP contribution in [0.3, 0.4) is 0 Å². The summed E-state index contributed by atoms with van der Waals surface area (Å²) in [4.78, 5) is 1.03. The monoisotopic (exact) mass is 144 g/mol. The van der Waals surface area contributed by atoms with Crippen LogP contribution in [0, 0.1) is 0 Å². The fourth-order valence-electron chi connectivity index (χ4n) is 0.406. The van der Waals surface area contributed by atoms with Gasteiger partial charge < -0.3 is 0 Å². The van der Waals surface area contributed by atoms with Crippen molar-refractivity contribution in [2.45, 2.75) is 0 Å². The summed E-state index contributed by atoms with van der Waals surface area (Å²) in [5.74, 6) is 0. The van der Waals surface area contributed by atoms with Gasteiger partial charge in [0.15, 0.2) is 0 Å².